The van der Waals surface area contributed by atoms with E-state index < -0.39 is 15.9 Å². The lowest BCUT2D eigenvalue weighted by Gasteiger charge is -2.11. The Hall–Kier alpha value is -2.12. The Bertz CT molecular complexity index is 779. The number of hydrogen-bond acceptors (Lipinski definition) is 4. The van der Waals surface area contributed by atoms with E-state index in [1.54, 1.807) is 18.5 Å². The van der Waals surface area contributed by atoms with Gasteiger partial charge in [0, 0.05) is 24.0 Å². The van der Waals surface area contributed by atoms with E-state index in [0.29, 0.717) is 5.02 Å². The largest absolute Gasteiger partial charge is 0.348 e. The number of amides is 1. The molecule has 0 aliphatic carbocycles. The molecular weight excluding hydrogens is 326 g/mol. The molecule has 1 heterocycles. The highest BCUT2D eigenvalue weighted by Gasteiger charge is 2.14. The van der Waals surface area contributed by atoms with Gasteiger partial charge in [-0.3, -0.25) is 14.5 Å². The van der Waals surface area contributed by atoms with Gasteiger partial charge in [0.15, 0.2) is 0 Å². The van der Waals surface area contributed by atoms with Gasteiger partial charge in [0.05, 0.1) is 17.5 Å². The zero-order chi connectivity index (χ0) is 16.2. The molecule has 0 aliphatic heterocycles. The zero-order valence-corrected chi connectivity index (χ0v) is 13.3. The van der Waals surface area contributed by atoms with E-state index in [2.05, 4.69) is 15.0 Å². The maximum absolute atomic E-state index is 12.3. The van der Waals surface area contributed by atoms with E-state index in [0.717, 1.165) is 11.8 Å². The van der Waals surface area contributed by atoms with Crippen molar-refractivity contribution in [3.63, 3.8) is 0 Å². The number of hydrogen-bond donors (Lipinski definition) is 2. The lowest BCUT2D eigenvalue weighted by Crippen LogP contribution is -2.24. The van der Waals surface area contributed by atoms with Crippen molar-refractivity contribution >= 4 is 33.2 Å². The van der Waals surface area contributed by atoms with E-state index in [-0.39, 0.29) is 17.8 Å². The molecule has 116 valence electrons. The quantitative estimate of drug-likeness (QED) is 0.872. The molecule has 2 aromatic rings. The number of anilines is 1. The van der Waals surface area contributed by atoms with Gasteiger partial charge in [0.2, 0.25) is 10.0 Å². The van der Waals surface area contributed by atoms with E-state index >= 15 is 0 Å². The second kappa shape index (κ2) is 6.76. The van der Waals surface area contributed by atoms with Crippen molar-refractivity contribution in [2.45, 2.75) is 6.54 Å². The molecule has 0 bridgehead atoms. The molecule has 2 N–H and O–H groups in total. The van der Waals surface area contributed by atoms with Crippen LogP contribution in [0.15, 0.2) is 42.7 Å². The number of carbonyl (C=O) groups excluding carboxylic acids is 1. The second-order valence-corrected chi connectivity index (χ2v) is 6.79. The maximum atomic E-state index is 12.3. The fourth-order valence-electron chi connectivity index (χ4n) is 1.77. The molecule has 1 aromatic carbocycles. The van der Waals surface area contributed by atoms with Crippen molar-refractivity contribution in [3.05, 3.63) is 58.9 Å². The fraction of sp³-hybridized carbons (Fsp3) is 0.143. The summed E-state index contributed by atoms with van der Waals surface area (Å²) in [5.41, 5.74) is 1.16. The molecule has 1 amide bonds. The summed E-state index contributed by atoms with van der Waals surface area (Å²) in [6.45, 7) is 0.275. The first kappa shape index (κ1) is 16.3. The van der Waals surface area contributed by atoms with E-state index in [1.165, 1.54) is 18.2 Å². The Morgan fingerprint density at radius 2 is 2.09 bits per heavy atom. The summed E-state index contributed by atoms with van der Waals surface area (Å²) < 4.78 is 25.0. The number of nitrogens with one attached hydrogen (secondary N) is 2. The molecule has 0 saturated carbocycles. The molecule has 8 heteroatoms. The lowest BCUT2D eigenvalue weighted by atomic mass is 10.1. The highest BCUT2D eigenvalue weighted by molar-refractivity contribution is 7.92. The second-order valence-electron chi connectivity index (χ2n) is 4.61. The Labute approximate surface area is 133 Å². The normalized spacial score (nSPS) is 11.0. The molecule has 6 nitrogen and oxygen atoms in total. The van der Waals surface area contributed by atoms with Crippen LogP contribution in [0, 0.1) is 0 Å². The smallest absolute Gasteiger partial charge is 0.253 e. The van der Waals surface area contributed by atoms with Crippen LogP contribution >= 0.6 is 11.6 Å². The van der Waals surface area contributed by atoms with Gasteiger partial charge in [0.25, 0.3) is 5.91 Å². The van der Waals surface area contributed by atoms with Crippen molar-refractivity contribution in [2.75, 3.05) is 11.0 Å². The number of nitrogens with zero attached hydrogens (tertiary/aromatic N) is 1. The maximum Gasteiger partial charge on any atom is 0.253 e. The van der Waals surface area contributed by atoms with E-state index in [9.17, 15) is 13.2 Å². The van der Waals surface area contributed by atoms with Crippen LogP contribution in [0.3, 0.4) is 0 Å². The number of halogens is 1. The molecule has 0 atom stereocenters. The van der Waals surface area contributed by atoms with Crippen LogP contribution in [0.2, 0.25) is 5.02 Å². The first-order valence-corrected chi connectivity index (χ1v) is 8.56. The molecule has 0 radical (unpaired) electrons. The number of rotatable bonds is 5. The Balaban J connectivity index is 2.19. The van der Waals surface area contributed by atoms with Crippen molar-refractivity contribution in [1.82, 2.24) is 10.3 Å². The highest BCUT2D eigenvalue weighted by atomic mass is 35.5. The molecule has 0 unspecified atom stereocenters. The minimum absolute atomic E-state index is 0.154. The summed E-state index contributed by atoms with van der Waals surface area (Å²) in [4.78, 5) is 16.2. The molecule has 2 rings (SSSR count). The molecule has 0 fully saturated rings. The van der Waals surface area contributed by atoms with Gasteiger partial charge in [-0.15, -0.1) is 0 Å². The molecule has 0 aliphatic rings. The number of benzene rings is 1. The third-order valence-corrected chi connectivity index (χ3v) is 3.52. The summed E-state index contributed by atoms with van der Waals surface area (Å²) in [5, 5.41) is 3.03. The Morgan fingerprint density at radius 3 is 2.73 bits per heavy atom. The summed E-state index contributed by atoms with van der Waals surface area (Å²) in [5.74, 6) is -0.433. The molecular formula is C14H14ClN3O3S. The van der Waals surface area contributed by atoms with Crippen molar-refractivity contribution in [1.29, 1.82) is 0 Å². The third-order valence-electron chi connectivity index (χ3n) is 2.70. The average Bonchev–Trinajstić information content (AvgIpc) is 2.46. The predicted molar refractivity (Wildman–Crippen MR) is 85.3 cm³/mol. The van der Waals surface area contributed by atoms with E-state index in [1.807, 2.05) is 6.07 Å². The summed E-state index contributed by atoms with van der Waals surface area (Å²) in [6, 6.07) is 7.95. The SMILES string of the molecule is CS(=O)(=O)Nc1ccc(Cl)cc1C(=O)NCc1cccnc1. The van der Waals surface area contributed by atoms with Crippen molar-refractivity contribution < 1.29 is 13.2 Å². The zero-order valence-electron chi connectivity index (χ0n) is 11.7. The number of carbonyl (C=O) groups is 1. The van der Waals surface area contributed by atoms with Crippen LogP contribution in [0.25, 0.3) is 0 Å². The standard InChI is InChI=1S/C14H14ClN3O3S/c1-22(20,21)18-13-5-4-11(15)7-12(13)14(19)17-9-10-3-2-6-16-8-10/h2-8,18H,9H2,1H3,(H,17,19). The van der Waals surface area contributed by atoms with Crippen LogP contribution in [0.5, 0.6) is 0 Å². The van der Waals surface area contributed by atoms with Crippen molar-refractivity contribution in [2.24, 2.45) is 0 Å². The van der Waals surface area contributed by atoms with Gasteiger partial charge in [-0.25, -0.2) is 8.42 Å². The van der Waals surface area contributed by atoms with E-state index in [4.69, 9.17) is 11.6 Å². The fourth-order valence-corrected chi connectivity index (χ4v) is 2.52. The number of sulfonamides is 1. The number of aromatic nitrogens is 1. The summed E-state index contributed by atoms with van der Waals surface area (Å²) in [6.07, 6.45) is 4.28. The minimum atomic E-state index is -3.50. The van der Waals surface area contributed by atoms with Gasteiger partial charge in [-0.1, -0.05) is 17.7 Å². The van der Waals surface area contributed by atoms with Crippen LogP contribution < -0.4 is 10.0 Å². The first-order chi connectivity index (χ1) is 10.3. The summed E-state index contributed by atoms with van der Waals surface area (Å²) >= 11 is 5.88. The number of pyridine rings is 1. The highest BCUT2D eigenvalue weighted by Crippen LogP contribution is 2.21. The van der Waals surface area contributed by atoms with Crippen LogP contribution in [0.1, 0.15) is 15.9 Å². The Kier molecular flexibility index (Phi) is 4.99. The molecule has 0 saturated heterocycles. The van der Waals surface area contributed by atoms with Gasteiger partial charge < -0.3 is 5.32 Å². The topological polar surface area (TPSA) is 88.2 Å². The monoisotopic (exact) mass is 339 g/mol. The minimum Gasteiger partial charge on any atom is -0.348 e. The van der Waals surface area contributed by atoms with Crippen LogP contribution in [0.4, 0.5) is 5.69 Å². The van der Waals surface area contributed by atoms with Gasteiger partial charge >= 0.3 is 0 Å². The van der Waals surface area contributed by atoms with Gasteiger partial charge in [-0.2, -0.15) is 0 Å². The molecule has 22 heavy (non-hydrogen) atoms. The van der Waals surface area contributed by atoms with Crippen LogP contribution in [-0.4, -0.2) is 25.6 Å². The molecule has 0 spiro atoms. The predicted octanol–water partition coefficient (Wildman–Crippen LogP) is 2.04. The van der Waals surface area contributed by atoms with Gasteiger partial charge in [0.1, 0.15) is 0 Å². The third kappa shape index (κ3) is 4.71. The summed E-state index contributed by atoms with van der Waals surface area (Å²) in [7, 11) is -3.50. The lowest BCUT2D eigenvalue weighted by molar-refractivity contribution is 0.0952. The average molecular weight is 340 g/mol. The first-order valence-electron chi connectivity index (χ1n) is 6.29. The molecule has 1 aromatic heterocycles. The van der Waals surface area contributed by atoms with Crippen LogP contribution in [-0.2, 0) is 16.6 Å². The van der Waals surface area contributed by atoms with Gasteiger partial charge in [-0.05, 0) is 29.8 Å². The van der Waals surface area contributed by atoms with Crippen molar-refractivity contribution in [3.8, 4) is 0 Å². The Morgan fingerprint density at radius 1 is 1.32 bits per heavy atom.